The van der Waals surface area contributed by atoms with Crippen molar-refractivity contribution in [3.8, 4) is 0 Å². The zero-order valence-electron chi connectivity index (χ0n) is 8.48. The number of ether oxygens (including phenoxy) is 1. The Hall–Kier alpha value is -1.77. The molecular formula is C12H13NO2. The summed E-state index contributed by atoms with van der Waals surface area (Å²) < 4.78 is 5.13. The molecule has 0 radical (unpaired) electrons. The predicted octanol–water partition coefficient (Wildman–Crippen LogP) is 2.20. The van der Waals surface area contributed by atoms with E-state index in [2.05, 4.69) is 6.58 Å². The Morgan fingerprint density at radius 2 is 2.00 bits per heavy atom. The predicted molar refractivity (Wildman–Crippen MR) is 57.3 cm³/mol. The van der Waals surface area contributed by atoms with Crippen molar-refractivity contribution in [2.75, 3.05) is 13.1 Å². The third kappa shape index (κ3) is 2.37. The van der Waals surface area contributed by atoms with Crippen molar-refractivity contribution in [3.63, 3.8) is 0 Å². The van der Waals surface area contributed by atoms with Gasteiger partial charge in [-0.3, -0.25) is 0 Å². The molecule has 1 aromatic carbocycles. The minimum absolute atomic E-state index is 0.258. The molecule has 0 N–H and O–H groups in total. The molecule has 1 amide bonds. The number of benzene rings is 1. The summed E-state index contributed by atoms with van der Waals surface area (Å²) in [4.78, 5) is 13.0. The van der Waals surface area contributed by atoms with E-state index >= 15 is 0 Å². The number of likely N-dealkylation sites (tertiary alicyclic amines) is 1. The van der Waals surface area contributed by atoms with Crippen molar-refractivity contribution in [2.24, 2.45) is 0 Å². The SMILES string of the molecule is C=C1CN(C(=O)OCc2ccccc2)C1. The maximum atomic E-state index is 11.4. The van der Waals surface area contributed by atoms with Gasteiger partial charge in [-0.25, -0.2) is 4.79 Å². The highest BCUT2D eigenvalue weighted by Gasteiger charge is 2.24. The first-order valence-electron chi connectivity index (χ1n) is 4.88. The summed E-state index contributed by atoms with van der Waals surface area (Å²) in [6, 6.07) is 9.65. The Balaban J connectivity index is 1.79. The van der Waals surface area contributed by atoms with Crippen LogP contribution in [0.1, 0.15) is 5.56 Å². The largest absolute Gasteiger partial charge is 0.445 e. The molecule has 2 rings (SSSR count). The number of rotatable bonds is 2. The van der Waals surface area contributed by atoms with Crippen LogP contribution in [0.5, 0.6) is 0 Å². The van der Waals surface area contributed by atoms with E-state index < -0.39 is 0 Å². The second kappa shape index (κ2) is 4.17. The van der Waals surface area contributed by atoms with Crippen molar-refractivity contribution in [3.05, 3.63) is 48.0 Å². The van der Waals surface area contributed by atoms with Crippen molar-refractivity contribution in [2.45, 2.75) is 6.61 Å². The zero-order valence-corrected chi connectivity index (χ0v) is 8.48. The summed E-state index contributed by atoms with van der Waals surface area (Å²) in [6.45, 7) is 5.36. The first-order chi connectivity index (χ1) is 7.25. The minimum Gasteiger partial charge on any atom is -0.445 e. The highest BCUT2D eigenvalue weighted by Crippen LogP contribution is 2.13. The Morgan fingerprint density at radius 1 is 1.33 bits per heavy atom. The molecule has 0 atom stereocenters. The summed E-state index contributed by atoms with van der Waals surface area (Å²) in [7, 11) is 0. The number of nitrogens with zero attached hydrogens (tertiary/aromatic N) is 1. The molecule has 1 fully saturated rings. The highest BCUT2D eigenvalue weighted by molar-refractivity contribution is 5.70. The van der Waals surface area contributed by atoms with Gasteiger partial charge in [0.15, 0.2) is 0 Å². The Bertz CT molecular complexity index is 364. The molecule has 0 spiro atoms. The van der Waals surface area contributed by atoms with E-state index in [1.54, 1.807) is 4.90 Å². The summed E-state index contributed by atoms with van der Waals surface area (Å²) in [5.41, 5.74) is 2.08. The van der Waals surface area contributed by atoms with Gasteiger partial charge in [-0.2, -0.15) is 0 Å². The van der Waals surface area contributed by atoms with Crippen LogP contribution in [0.25, 0.3) is 0 Å². The lowest BCUT2D eigenvalue weighted by Crippen LogP contribution is -2.44. The van der Waals surface area contributed by atoms with Gasteiger partial charge in [0.2, 0.25) is 0 Å². The van der Waals surface area contributed by atoms with Gasteiger partial charge in [0, 0.05) is 13.1 Å². The Morgan fingerprint density at radius 3 is 2.60 bits per heavy atom. The topological polar surface area (TPSA) is 29.5 Å². The maximum absolute atomic E-state index is 11.4. The molecule has 1 saturated heterocycles. The minimum atomic E-state index is -0.258. The monoisotopic (exact) mass is 203 g/mol. The first kappa shape index (κ1) is 9.77. The smallest absolute Gasteiger partial charge is 0.410 e. The van der Waals surface area contributed by atoms with Crippen LogP contribution in [0, 0.1) is 0 Å². The normalized spacial score (nSPS) is 14.7. The van der Waals surface area contributed by atoms with Gasteiger partial charge in [0.1, 0.15) is 6.61 Å². The fraction of sp³-hybridized carbons (Fsp3) is 0.250. The number of hydrogen-bond donors (Lipinski definition) is 0. The quantitative estimate of drug-likeness (QED) is 0.689. The van der Waals surface area contributed by atoms with Gasteiger partial charge >= 0.3 is 6.09 Å². The van der Waals surface area contributed by atoms with E-state index in [9.17, 15) is 4.79 Å². The second-order valence-corrected chi connectivity index (χ2v) is 3.65. The number of amides is 1. The van der Waals surface area contributed by atoms with E-state index in [0.717, 1.165) is 11.1 Å². The third-order valence-corrected chi connectivity index (χ3v) is 2.29. The van der Waals surface area contributed by atoms with Crippen LogP contribution >= 0.6 is 0 Å². The van der Waals surface area contributed by atoms with E-state index in [-0.39, 0.29) is 6.09 Å². The fourth-order valence-corrected chi connectivity index (χ4v) is 1.43. The summed E-state index contributed by atoms with van der Waals surface area (Å²) in [6.07, 6.45) is -0.258. The van der Waals surface area contributed by atoms with Crippen LogP contribution in [-0.4, -0.2) is 24.1 Å². The van der Waals surface area contributed by atoms with Gasteiger partial charge in [0.25, 0.3) is 0 Å². The number of carbonyl (C=O) groups excluding carboxylic acids is 1. The molecule has 0 saturated carbocycles. The molecule has 15 heavy (non-hydrogen) atoms. The van der Waals surface area contributed by atoms with Gasteiger partial charge in [-0.1, -0.05) is 36.9 Å². The van der Waals surface area contributed by atoms with Crippen LogP contribution < -0.4 is 0 Å². The van der Waals surface area contributed by atoms with Gasteiger partial charge < -0.3 is 9.64 Å². The van der Waals surface area contributed by atoms with E-state index in [1.807, 2.05) is 30.3 Å². The van der Waals surface area contributed by atoms with Crippen molar-refractivity contribution < 1.29 is 9.53 Å². The number of hydrogen-bond acceptors (Lipinski definition) is 2. The molecule has 0 aromatic heterocycles. The van der Waals surface area contributed by atoms with Crippen molar-refractivity contribution in [1.29, 1.82) is 0 Å². The van der Waals surface area contributed by atoms with Gasteiger partial charge in [-0.05, 0) is 11.1 Å². The van der Waals surface area contributed by atoms with Crippen LogP contribution in [0.4, 0.5) is 4.79 Å². The second-order valence-electron chi connectivity index (χ2n) is 3.65. The molecule has 1 heterocycles. The molecule has 78 valence electrons. The lowest BCUT2D eigenvalue weighted by Gasteiger charge is -2.32. The molecule has 1 aromatic rings. The fourth-order valence-electron chi connectivity index (χ4n) is 1.43. The molecule has 0 unspecified atom stereocenters. The summed E-state index contributed by atoms with van der Waals surface area (Å²) in [5.74, 6) is 0. The van der Waals surface area contributed by atoms with Crippen LogP contribution in [0.2, 0.25) is 0 Å². The van der Waals surface area contributed by atoms with E-state index in [4.69, 9.17) is 4.74 Å². The molecule has 3 nitrogen and oxygen atoms in total. The molecule has 1 aliphatic rings. The molecular weight excluding hydrogens is 190 g/mol. The Kier molecular flexibility index (Phi) is 2.72. The maximum Gasteiger partial charge on any atom is 0.410 e. The first-order valence-corrected chi connectivity index (χ1v) is 4.88. The molecule has 0 aliphatic carbocycles. The van der Waals surface area contributed by atoms with Crippen LogP contribution in [0.3, 0.4) is 0 Å². The summed E-state index contributed by atoms with van der Waals surface area (Å²) >= 11 is 0. The molecule has 1 aliphatic heterocycles. The number of carbonyl (C=O) groups is 1. The lowest BCUT2D eigenvalue weighted by atomic mass is 10.1. The van der Waals surface area contributed by atoms with Crippen LogP contribution in [-0.2, 0) is 11.3 Å². The van der Waals surface area contributed by atoms with E-state index in [1.165, 1.54) is 0 Å². The molecule has 3 heteroatoms. The van der Waals surface area contributed by atoms with Gasteiger partial charge in [-0.15, -0.1) is 0 Å². The zero-order chi connectivity index (χ0) is 10.7. The Labute approximate surface area is 89.0 Å². The van der Waals surface area contributed by atoms with Crippen molar-refractivity contribution in [1.82, 2.24) is 4.90 Å². The van der Waals surface area contributed by atoms with Crippen LogP contribution in [0.15, 0.2) is 42.5 Å². The average molecular weight is 203 g/mol. The third-order valence-electron chi connectivity index (χ3n) is 2.29. The van der Waals surface area contributed by atoms with Crippen molar-refractivity contribution >= 4 is 6.09 Å². The highest BCUT2D eigenvalue weighted by atomic mass is 16.6. The molecule has 0 bridgehead atoms. The lowest BCUT2D eigenvalue weighted by molar-refractivity contribution is 0.0905. The average Bonchev–Trinajstić information content (AvgIpc) is 2.23. The standard InChI is InChI=1S/C12H13NO2/c1-10-7-13(8-10)12(14)15-9-11-5-3-2-4-6-11/h2-6H,1,7-9H2. The van der Waals surface area contributed by atoms with E-state index in [0.29, 0.717) is 19.7 Å². The van der Waals surface area contributed by atoms with Gasteiger partial charge in [0.05, 0.1) is 0 Å². The summed E-state index contributed by atoms with van der Waals surface area (Å²) in [5, 5.41) is 0.